The Morgan fingerprint density at radius 2 is 1.96 bits per heavy atom. The summed E-state index contributed by atoms with van der Waals surface area (Å²) >= 11 is 6.23. The van der Waals surface area contributed by atoms with Gasteiger partial charge in [-0.05, 0) is 38.0 Å². The number of rotatable bonds is 8. The Morgan fingerprint density at radius 1 is 1.29 bits per heavy atom. The first-order valence-corrected chi connectivity index (χ1v) is 11.3. The number of hydrogen-bond donors (Lipinski definition) is 1. The molecule has 0 spiro atoms. The zero-order valence-electron chi connectivity index (χ0n) is 15.9. The summed E-state index contributed by atoms with van der Waals surface area (Å²) in [5, 5.41) is 2.93. The summed E-state index contributed by atoms with van der Waals surface area (Å²) in [6, 6.07) is 4.71. The third kappa shape index (κ3) is 6.65. The van der Waals surface area contributed by atoms with Gasteiger partial charge in [0.1, 0.15) is 11.9 Å². The van der Waals surface area contributed by atoms with Crippen LogP contribution in [-0.4, -0.2) is 63.2 Å². The van der Waals surface area contributed by atoms with Crippen LogP contribution in [0.5, 0.6) is 5.75 Å². The molecule has 8 nitrogen and oxygen atoms in total. The third-order valence-corrected chi connectivity index (χ3v) is 5.88. The van der Waals surface area contributed by atoms with Gasteiger partial charge in [-0.1, -0.05) is 11.6 Å². The molecule has 1 amide bonds. The molecule has 156 valence electrons. The molecule has 10 heteroatoms. The van der Waals surface area contributed by atoms with Gasteiger partial charge in [-0.3, -0.25) is 9.59 Å². The summed E-state index contributed by atoms with van der Waals surface area (Å²) in [6.45, 7) is 3.00. The highest BCUT2D eigenvalue weighted by molar-refractivity contribution is 7.88. The van der Waals surface area contributed by atoms with Crippen LogP contribution in [0.3, 0.4) is 0 Å². The number of carbonyl (C=O) groups excluding carboxylic acids is 2. The van der Waals surface area contributed by atoms with E-state index >= 15 is 0 Å². The van der Waals surface area contributed by atoms with Gasteiger partial charge in [0, 0.05) is 25.2 Å². The van der Waals surface area contributed by atoms with E-state index in [1.54, 1.807) is 19.1 Å². The molecule has 0 radical (unpaired) electrons. The average Bonchev–Trinajstić information content (AvgIpc) is 2.63. The van der Waals surface area contributed by atoms with Crippen molar-refractivity contribution in [3.63, 3.8) is 0 Å². The molecule has 0 bridgehead atoms. The molecular weight excluding hydrogens is 408 g/mol. The number of nitrogens with zero attached hydrogens (tertiary/aromatic N) is 1. The fourth-order valence-corrected chi connectivity index (χ4v) is 3.91. The van der Waals surface area contributed by atoms with Crippen molar-refractivity contribution in [2.24, 2.45) is 0 Å². The van der Waals surface area contributed by atoms with Crippen LogP contribution in [-0.2, 0) is 19.6 Å². The first-order chi connectivity index (χ1) is 13.2. The molecule has 1 aromatic carbocycles. The lowest BCUT2D eigenvalue weighted by Crippen LogP contribution is -2.41. The van der Waals surface area contributed by atoms with Crippen LogP contribution in [0.2, 0.25) is 5.02 Å². The van der Waals surface area contributed by atoms with E-state index in [0.29, 0.717) is 48.9 Å². The first kappa shape index (κ1) is 22.4. The molecule has 2 rings (SSSR count). The zero-order chi connectivity index (χ0) is 20.7. The van der Waals surface area contributed by atoms with Crippen LogP contribution in [0, 0.1) is 0 Å². The second-order valence-corrected chi connectivity index (χ2v) is 8.83. The Kier molecular flexibility index (Phi) is 8.09. The maximum Gasteiger partial charge on any atom is 0.307 e. The Balaban J connectivity index is 1.87. The predicted molar refractivity (Wildman–Crippen MR) is 105 cm³/mol. The van der Waals surface area contributed by atoms with Crippen LogP contribution in [0.1, 0.15) is 36.5 Å². The highest BCUT2D eigenvalue weighted by atomic mass is 35.5. The van der Waals surface area contributed by atoms with Crippen molar-refractivity contribution in [1.82, 2.24) is 9.62 Å². The van der Waals surface area contributed by atoms with Crippen LogP contribution in [0.15, 0.2) is 18.2 Å². The topological polar surface area (TPSA) is 102 Å². The van der Waals surface area contributed by atoms with Crippen LogP contribution in [0.25, 0.3) is 0 Å². The maximum atomic E-state index is 12.1. The number of esters is 1. The highest BCUT2D eigenvalue weighted by Gasteiger charge is 2.26. The summed E-state index contributed by atoms with van der Waals surface area (Å²) in [5.41, 5.74) is 0.355. The Morgan fingerprint density at radius 3 is 2.54 bits per heavy atom. The lowest BCUT2D eigenvalue weighted by Gasteiger charge is -2.30. The minimum Gasteiger partial charge on any atom is -0.489 e. The lowest BCUT2D eigenvalue weighted by atomic mass is 10.1. The zero-order valence-corrected chi connectivity index (χ0v) is 17.5. The fourth-order valence-electron chi connectivity index (χ4n) is 2.81. The predicted octanol–water partition coefficient (Wildman–Crippen LogP) is 1.83. The van der Waals surface area contributed by atoms with Crippen LogP contribution >= 0.6 is 11.6 Å². The molecule has 0 unspecified atom stereocenters. The standard InChI is InChI=1S/C18H25ClN2O6S/c1-3-26-17(22)6-9-20-18(23)13-4-5-16(15(19)12-13)27-14-7-10-21(11-8-14)28(2,24)25/h4-5,12,14H,3,6-11H2,1-2H3,(H,20,23). The molecule has 1 fully saturated rings. The number of halogens is 1. The Bertz CT molecular complexity index is 806. The summed E-state index contributed by atoms with van der Waals surface area (Å²) in [4.78, 5) is 23.4. The molecular formula is C18H25ClN2O6S. The van der Waals surface area contributed by atoms with E-state index in [9.17, 15) is 18.0 Å². The number of ether oxygens (including phenoxy) is 2. The molecule has 0 aromatic heterocycles. The first-order valence-electron chi connectivity index (χ1n) is 9.06. The van der Waals surface area contributed by atoms with Gasteiger partial charge >= 0.3 is 5.97 Å². The molecule has 1 heterocycles. The number of sulfonamides is 1. The summed E-state index contributed by atoms with van der Waals surface area (Å²) in [7, 11) is -3.18. The number of benzene rings is 1. The van der Waals surface area contributed by atoms with E-state index in [2.05, 4.69) is 5.32 Å². The van der Waals surface area contributed by atoms with Crippen molar-refractivity contribution in [3.8, 4) is 5.75 Å². The van der Waals surface area contributed by atoms with Gasteiger partial charge in [-0.15, -0.1) is 0 Å². The van der Waals surface area contributed by atoms with E-state index in [-0.39, 0.29) is 30.9 Å². The molecule has 1 aromatic rings. The van der Waals surface area contributed by atoms with E-state index < -0.39 is 10.0 Å². The molecule has 0 atom stereocenters. The van der Waals surface area contributed by atoms with Crippen molar-refractivity contribution >= 4 is 33.5 Å². The SMILES string of the molecule is CCOC(=O)CCNC(=O)c1ccc(OC2CCN(S(C)(=O)=O)CC2)c(Cl)c1. The van der Waals surface area contributed by atoms with E-state index in [1.807, 2.05) is 0 Å². The minimum atomic E-state index is -3.18. The van der Waals surface area contributed by atoms with Crippen molar-refractivity contribution in [1.29, 1.82) is 0 Å². The number of amides is 1. The van der Waals surface area contributed by atoms with Crippen LogP contribution in [0.4, 0.5) is 0 Å². The number of hydrogen-bond acceptors (Lipinski definition) is 6. The van der Waals surface area contributed by atoms with Gasteiger partial charge in [0.15, 0.2) is 0 Å². The van der Waals surface area contributed by atoms with E-state index in [1.165, 1.54) is 16.6 Å². The minimum absolute atomic E-state index is 0.0979. The van der Waals surface area contributed by atoms with Crippen molar-refractivity contribution in [3.05, 3.63) is 28.8 Å². The number of carbonyl (C=O) groups is 2. The molecule has 28 heavy (non-hydrogen) atoms. The second kappa shape index (κ2) is 10.1. The van der Waals surface area contributed by atoms with Crippen LogP contribution < -0.4 is 10.1 Å². The van der Waals surface area contributed by atoms with Gasteiger partial charge in [-0.25, -0.2) is 12.7 Å². The van der Waals surface area contributed by atoms with Crippen molar-refractivity contribution < 1.29 is 27.5 Å². The maximum absolute atomic E-state index is 12.1. The summed E-state index contributed by atoms with van der Waals surface area (Å²) < 4.78 is 35.2. The second-order valence-electron chi connectivity index (χ2n) is 6.44. The summed E-state index contributed by atoms with van der Waals surface area (Å²) in [5.74, 6) is -0.270. The largest absolute Gasteiger partial charge is 0.489 e. The van der Waals surface area contributed by atoms with Gasteiger partial charge in [0.05, 0.1) is 24.3 Å². The molecule has 1 N–H and O–H groups in total. The smallest absolute Gasteiger partial charge is 0.307 e. The number of piperidine rings is 1. The quantitative estimate of drug-likeness (QED) is 0.629. The highest BCUT2D eigenvalue weighted by Crippen LogP contribution is 2.28. The van der Waals surface area contributed by atoms with Crippen molar-refractivity contribution in [2.45, 2.75) is 32.3 Å². The molecule has 1 saturated heterocycles. The monoisotopic (exact) mass is 432 g/mol. The van der Waals surface area contributed by atoms with Gasteiger partial charge in [0.2, 0.25) is 10.0 Å². The normalized spacial score (nSPS) is 15.8. The van der Waals surface area contributed by atoms with E-state index in [0.717, 1.165) is 0 Å². The lowest BCUT2D eigenvalue weighted by molar-refractivity contribution is -0.142. The van der Waals surface area contributed by atoms with Gasteiger partial charge in [0.25, 0.3) is 5.91 Å². The molecule has 0 saturated carbocycles. The Labute approximate surface area is 170 Å². The Hall–Kier alpha value is -1.84. The molecule has 0 aliphatic carbocycles. The summed E-state index contributed by atoms with van der Waals surface area (Å²) in [6.07, 6.45) is 2.29. The molecule has 1 aliphatic heterocycles. The third-order valence-electron chi connectivity index (χ3n) is 4.28. The van der Waals surface area contributed by atoms with Gasteiger partial charge in [-0.2, -0.15) is 0 Å². The average molecular weight is 433 g/mol. The van der Waals surface area contributed by atoms with E-state index in [4.69, 9.17) is 21.1 Å². The van der Waals surface area contributed by atoms with Crippen molar-refractivity contribution in [2.75, 3.05) is 32.5 Å². The fraction of sp³-hybridized carbons (Fsp3) is 0.556. The number of nitrogens with one attached hydrogen (secondary N) is 1. The van der Waals surface area contributed by atoms with Gasteiger partial charge < -0.3 is 14.8 Å². The molecule has 1 aliphatic rings.